The zero-order valence-corrected chi connectivity index (χ0v) is 9.69. The van der Waals surface area contributed by atoms with Crippen molar-refractivity contribution in [3.8, 4) is 0 Å². The van der Waals surface area contributed by atoms with Crippen LogP contribution in [0.2, 0.25) is 0 Å². The molecule has 0 bridgehead atoms. The molecule has 0 saturated carbocycles. The Hall–Kier alpha value is -1.36. The maximum atomic E-state index is 5.75. The first-order valence-corrected chi connectivity index (χ1v) is 5.81. The summed E-state index contributed by atoms with van der Waals surface area (Å²) in [5.41, 5.74) is 12.8. The number of nitrogens with zero attached hydrogens (tertiary/aromatic N) is 3. The summed E-state index contributed by atoms with van der Waals surface area (Å²) < 4.78 is 0. The van der Waals surface area contributed by atoms with Crippen LogP contribution in [-0.2, 0) is 0 Å². The van der Waals surface area contributed by atoms with E-state index in [2.05, 4.69) is 22.0 Å². The molecule has 1 fully saturated rings. The van der Waals surface area contributed by atoms with E-state index in [0.717, 1.165) is 25.2 Å². The molecule has 1 saturated heterocycles. The van der Waals surface area contributed by atoms with E-state index in [1.54, 1.807) is 0 Å². The molecule has 1 unspecified atom stereocenters. The maximum Gasteiger partial charge on any atom is 0.169 e. The molecule has 0 radical (unpaired) electrons. The van der Waals surface area contributed by atoms with E-state index in [4.69, 9.17) is 11.5 Å². The predicted octanol–water partition coefficient (Wildman–Crippen LogP) is 0.840. The number of anilines is 2. The monoisotopic (exact) mass is 221 g/mol. The van der Waals surface area contributed by atoms with E-state index in [1.807, 2.05) is 6.07 Å². The Morgan fingerprint density at radius 3 is 2.94 bits per heavy atom. The number of rotatable bonds is 2. The second kappa shape index (κ2) is 4.65. The zero-order chi connectivity index (χ0) is 11.5. The summed E-state index contributed by atoms with van der Waals surface area (Å²) in [7, 11) is 0. The molecule has 88 valence electrons. The molecule has 1 atom stereocenters. The topological polar surface area (TPSA) is 81.1 Å². The predicted molar refractivity (Wildman–Crippen MR) is 64.9 cm³/mol. The number of piperidine rings is 1. The molecule has 2 rings (SSSR count). The highest BCUT2D eigenvalue weighted by atomic mass is 15.2. The van der Waals surface area contributed by atoms with Crippen molar-refractivity contribution in [3.63, 3.8) is 0 Å². The van der Waals surface area contributed by atoms with Crippen LogP contribution in [0.4, 0.5) is 11.5 Å². The van der Waals surface area contributed by atoms with Gasteiger partial charge in [0, 0.05) is 12.5 Å². The van der Waals surface area contributed by atoms with Gasteiger partial charge in [0.15, 0.2) is 5.82 Å². The SMILES string of the molecule is CCN1CCCC(c2cc(N)c(N)nn2)C1. The van der Waals surface area contributed by atoms with Gasteiger partial charge in [0.05, 0.1) is 11.4 Å². The number of aromatic nitrogens is 2. The molecular formula is C11H19N5. The van der Waals surface area contributed by atoms with E-state index in [1.165, 1.54) is 13.0 Å². The molecule has 1 aromatic heterocycles. The molecule has 5 nitrogen and oxygen atoms in total. The fraction of sp³-hybridized carbons (Fsp3) is 0.636. The van der Waals surface area contributed by atoms with Crippen molar-refractivity contribution in [1.29, 1.82) is 0 Å². The zero-order valence-electron chi connectivity index (χ0n) is 9.69. The van der Waals surface area contributed by atoms with Gasteiger partial charge in [-0.25, -0.2) is 0 Å². The highest BCUT2D eigenvalue weighted by molar-refractivity contribution is 5.57. The lowest BCUT2D eigenvalue weighted by molar-refractivity contribution is 0.215. The van der Waals surface area contributed by atoms with Crippen LogP contribution in [0.1, 0.15) is 31.4 Å². The second-order valence-corrected chi connectivity index (χ2v) is 4.34. The highest BCUT2D eigenvalue weighted by Gasteiger charge is 2.22. The molecule has 0 aliphatic carbocycles. The molecule has 1 aliphatic rings. The van der Waals surface area contributed by atoms with Gasteiger partial charge in [0.1, 0.15) is 0 Å². The summed E-state index contributed by atoms with van der Waals surface area (Å²) in [6.07, 6.45) is 2.37. The van der Waals surface area contributed by atoms with E-state index in [0.29, 0.717) is 17.4 Å². The van der Waals surface area contributed by atoms with Crippen molar-refractivity contribution in [2.75, 3.05) is 31.1 Å². The van der Waals surface area contributed by atoms with E-state index in [-0.39, 0.29) is 0 Å². The lowest BCUT2D eigenvalue weighted by atomic mass is 9.94. The van der Waals surface area contributed by atoms with E-state index < -0.39 is 0 Å². The first-order chi connectivity index (χ1) is 7.70. The third-order valence-electron chi connectivity index (χ3n) is 3.24. The minimum atomic E-state index is 0.326. The average Bonchev–Trinajstić information content (AvgIpc) is 2.33. The molecule has 5 heteroatoms. The average molecular weight is 221 g/mol. The second-order valence-electron chi connectivity index (χ2n) is 4.34. The molecule has 1 aliphatic heterocycles. The molecular weight excluding hydrogens is 202 g/mol. The molecule has 2 heterocycles. The first-order valence-electron chi connectivity index (χ1n) is 5.81. The largest absolute Gasteiger partial charge is 0.396 e. The fourth-order valence-corrected chi connectivity index (χ4v) is 2.22. The van der Waals surface area contributed by atoms with E-state index in [9.17, 15) is 0 Å². The van der Waals surface area contributed by atoms with Crippen LogP contribution in [-0.4, -0.2) is 34.7 Å². The van der Waals surface area contributed by atoms with Gasteiger partial charge in [0.2, 0.25) is 0 Å². The highest BCUT2D eigenvalue weighted by Crippen LogP contribution is 2.26. The third kappa shape index (κ3) is 2.24. The van der Waals surface area contributed by atoms with Crippen LogP contribution in [0.5, 0.6) is 0 Å². The van der Waals surface area contributed by atoms with Crippen molar-refractivity contribution in [2.45, 2.75) is 25.7 Å². The number of nitrogens with two attached hydrogens (primary N) is 2. The Morgan fingerprint density at radius 1 is 1.44 bits per heavy atom. The summed E-state index contributed by atoms with van der Waals surface area (Å²) in [4.78, 5) is 2.43. The first kappa shape index (κ1) is 11.1. The van der Waals surface area contributed by atoms with Crippen LogP contribution in [0, 0.1) is 0 Å². The van der Waals surface area contributed by atoms with Crippen LogP contribution in [0.15, 0.2) is 6.07 Å². The number of nitrogen functional groups attached to an aromatic ring is 2. The Labute approximate surface area is 95.8 Å². The lowest BCUT2D eigenvalue weighted by Crippen LogP contribution is -2.34. The smallest absolute Gasteiger partial charge is 0.169 e. The molecule has 4 N–H and O–H groups in total. The van der Waals surface area contributed by atoms with Gasteiger partial charge >= 0.3 is 0 Å². The van der Waals surface area contributed by atoms with Gasteiger partial charge in [-0.05, 0) is 32.0 Å². The summed E-state index contributed by atoms with van der Waals surface area (Å²) in [5, 5.41) is 8.04. The molecule has 0 spiro atoms. The Morgan fingerprint density at radius 2 is 2.25 bits per heavy atom. The van der Waals surface area contributed by atoms with Gasteiger partial charge in [-0.1, -0.05) is 6.92 Å². The Bertz CT molecular complexity index is 365. The van der Waals surface area contributed by atoms with Gasteiger partial charge in [-0.3, -0.25) is 0 Å². The van der Waals surface area contributed by atoms with Gasteiger partial charge in [-0.15, -0.1) is 5.10 Å². The summed E-state index contributed by atoms with van der Waals surface area (Å²) in [5.74, 6) is 0.774. The van der Waals surface area contributed by atoms with Crippen LogP contribution < -0.4 is 11.5 Å². The number of likely N-dealkylation sites (tertiary alicyclic amines) is 1. The molecule has 16 heavy (non-hydrogen) atoms. The van der Waals surface area contributed by atoms with Crippen molar-refractivity contribution in [1.82, 2.24) is 15.1 Å². The van der Waals surface area contributed by atoms with Crippen molar-refractivity contribution in [3.05, 3.63) is 11.8 Å². The normalized spacial score (nSPS) is 22.2. The number of hydrogen-bond donors (Lipinski definition) is 2. The van der Waals surface area contributed by atoms with Crippen LogP contribution in [0.25, 0.3) is 0 Å². The van der Waals surface area contributed by atoms with Crippen LogP contribution in [0.3, 0.4) is 0 Å². The summed E-state index contributed by atoms with van der Waals surface area (Å²) in [6.45, 7) is 5.51. The minimum absolute atomic E-state index is 0.326. The van der Waals surface area contributed by atoms with Gasteiger partial charge < -0.3 is 16.4 Å². The number of hydrogen-bond acceptors (Lipinski definition) is 5. The van der Waals surface area contributed by atoms with Crippen molar-refractivity contribution >= 4 is 11.5 Å². The quantitative estimate of drug-likeness (QED) is 0.773. The Balaban J connectivity index is 2.13. The van der Waals surface area contributed by atoms with Crippen molar-refractivity contribution < 1.29 is 0 Å². The summed E-state index contributed by atoms with van der Waals surface area (Å²) >= 11 is 0. The standard InChI is InChI=1S/C11H19N5/c1-2-16-5-3-4-8(7-16)10-6-9(12)11(13)15-14-10/h6,8H,2-5,7H2,1H3,(H2,12,14)(H2,13,15). The molecule has 1 aromatic rings. The summed E-state index contributed by atoms with van der Waals surface area (Å²) in [6, 6.07) is 1.87. The fourth-order valence-electron chi connectivity index (χ4n) is 2.22. The molecule has 0 aromatic carbocycles. The molecule has 0 amide bonds. The van der Waals surface area contributed by atoms with Gasteiger partial charge in [0.25, 0.3) is 0 Å². The Kier molecular flexibility index (Phi) is 3.24. The lowest BCUT2D eigenvalue weighted by Gasteiger charge is -2.31. The minimum Gasteiger partial charge on any atom is -0.396 e. The maximum absolute atomic E-state index is 5.75. The number of likely N-dealkylation sites (N-methyl/N-ethyl adjacent to an activating group) is 1. The van der Waals surface area contributed by atoms with Crippen molar-refractivity contribution in [2.24, 2.45) is 0 Å². The third-order valence-corrected chi connectivity index (χ3v) is 3.24. The van der Waals surface area contributed by atoms with Gasteiger partial charge in [-0.2, -0.15) is 5.10 Å². The van der Waals surface area contributed by atoms with E-state index >= 15 is 0 Å². The van der Waals surface area contributed by atoms with Crippen LogP contribution >= 0.6 is 0 Å².